The third-order valence-electron chi connectivity index (χ3n) is 2.55. The summed E-state index contributed by atoms with van der Waals surface area (Å²) >= 11 is 5.55. The van der Waals surface area contributed by atoms with E-state index < -0.39 is 29.1 Å². The van der Waals surface area contributed by atoms with E-state index in [9.17, 15) is 18.3 Å². The molecule has 0 aliphatic heterocycles. The summed E-state index contributed by atoms with van der Waals surface area (Å²) in [5, 5.41) is 9.66. The van der Waals surface area contributed by atoms with E-state index in [0.717, 1.165) is 18.2 Å². The number of hydrogen-bond acceptors (Lipinski definition) is 1. The second kappa shape index (κ2) is 5.00. The van der Waals surface area contributed by atoms with Crippen LogP contribution < -0.4 is 0 Å². The van der Waals surface area contributed by atoms with Gasteiger partial charge in [-0.15, -0.1) is 0 Å². The van der Waals surface area contributed by atoms with Crippen LogP contribution in [0.3, 0.4) is 0 Å². The van der Waals surface area contributed by atoms with Crippen LogP contribution in [0.4, 0.5) is 13.2 Å². The fourth-order valence-corrected chi connectivity index (χ4v) is 1.84. The summed E-state index contributed by atoms with van der Waals surface area (Å²) in [5.41, 5.74) is -0.870. The Hall–Kier alpha value is -1.52. The van der Waals surface area contributed by atoms with E-state index in [2.05, 4.69) is 0 Å². The van der Waals surface area contributed by atoms with Crippen molar-refractivity contribution in [3.63, 3.8) is 0 Å². The predicted molar refractivity (Wildman–Crippen MR) is 61.8 cm³/mol. The molecule has 0 spiro atoms. The van der Waals surface area contributed by atoms with E-state index in [1.54, 1.807) is 0 Å². The van der Waals surface area contributed by atoms with Crippen LogP contribution in [0.2, 0.25) is 5.02 Å². The summed E-state index contributed by atoms with van der Waals surface area (Å²) in [7, 11) is 0. The molecule has 1 nitrogen and oxygen atoms in total. The summed E-state index contributed by atoms with van der Waals surface area (Å²) < 4.78 is 40.6. The Kier molecular flexibility index (Phi) is 3.59. The van der Waals surface area contributed by atoms with Crippen molar-refractivity contribution in [3.8, 4) is 0 Å². The zero-order chi connectivity index (χ0) is 13.3. The molecule has 0 saturated carbocycles. The molecule has 2 aromatic rings. The molecule has 1 N–H and O–H groups in total. The summed E-state index contributed by atoms with van der Waals surface area (Å²) in [4.78, 5) is 0. The number of aliphatic hydroxyl groups is 1. The Morgan fingerprint density at radius 2 is 1.50 bits per heavy atom. The minimum Gasteiger partial charge on any atom is -0.383 e. The van der Waals surface area contributed by atoms with Gasteiger partial charge in [0.25, 0.3) is 0 Å². The lowest BCUT2D eigenvalue weighted by Gasteiger charge is -2.14. The molecule has 0 aliphatic rings. The Bertz CT molecular complexity index is 566. The van der Waals surface area contributed by atoms with Crippen LogP contribution in [0.5, 0.6) is 0 Å². The van der Waals surface area contributed by atoms with Crippen LogP contribution in [0.1, 0.15) is 17.2 Å². The first-order valence-corrected chi connectivity index (χ1v) is 5.46. The first-order chi connectivity index (χ1) is 8.52. The van der Waals surface area contributed by atoms with Gasteiger partial charge in [-0.25, -0.2) is 13.2 Å². The lowest BCUT2D eigenvalue weighted by molar-refractivity contribution is 0.204. The van der Waals surface area contributed by atoms with Crippen LogP contribution in [0, 0.1) is 17.5 Å². The molecule has 0 fully saturated rings. The molecule has 1 unspecified atom stereocenters. The maximum Gasteiger partial charge on any atom is 0.147 e. The molecular weight excluding hydrogens is 265 g/mol. The lowest BCUT2D eigenvalue weighted by atomic mass is 10.00. The normalized spacial score (nSPS) is 12.5. The van der Waals surface area contributed by atoms with E-state index in [0.29, 0.717) is 0 Å². The number of halogens is 4. The molecule has 18 heavy (non-hydrogen) atoms. The highest BCUT2D eigenvalue weighted by molar-refractivity contribution is 6.30. The second-order valence-electron chi connectivity index (χ2n) is 3.68. The van der Waals surface area contributed by atoms with Gasteiger partial charge in [0.2, 0.25) is 0 Å². The van der Waals surface area contributed by atoms with Crippen LogP contribution >= 0.6 is 11.6 Å². The monoisotopic (exact) mass is 272 g/mol. The molecule has 2 rings (SSSR count). The minimum atomic E-state index is -1.75. The van der Waals surface area contributed by atoms with Gasteiger partial charge in [-0.1, -0.05) is 29.8 Å². The quantitative estimate of drug-likeness (QED) is 0.881. The number of benzene rings is 2. The zero-order valence-electron chi connectivity index (χ0n) is 9.00. The van der Waals surface area contributed by atoms with Gasteiger partial charge >= 0.3 is 0 Å². The van der Waals surface area contributed by atoms with E-state index >= 15 is 0 Å². The molecule has 5 heteroatoms. The third kappa shape index (κ3) is 2.21. The summed E-state index contributed by atoms with van der Waals surface area (Å²) in [6.07, 6.45) is -1.75. The van der Waals surface area contributed by atoms with Crippen LogP contribution in [0.15, 0.2) is 36.4 Å². The van der Waals surface area contributed by atoms with Gasteiger partial charge < -0.3 is 5.11 Å². The molecule has 94 valence electrons. The molecule has 0 amide bonds. The number of rotatable bonds is 2. The van der Waals surface area contributed by atoms with Crippen LogP contribution in [0.25, 0.3) is 0 Å². The SMILES string of the molecule is OC(c1cccc(Cl)c1F)c1c(F)cccc1F. The smallest absolute Gasteiger partial charge is 0.147 e. The lowest BCUT2D eigenvalue weighted by Crippen LogP contribution is -2.07. The summed E-state index contributed by atoms with van der Waals surface area (Å²) in [6.45, 7) is 0. The zero-order valence-corrected chi connectivity index (χ0v) is 9.76. The van der Waals surface area contributed by atoms with E-state index in [1.165, 1.54) is 18.2 Å². The molecule has 0 aromatic heterocycles. The topological polar surface area (TPSA) is 20.2 Å². The Morgan fingerprint density at radius 1 is 0.944 bits per heavy atom. The molecular formula is C13H8ClF3O. The molecule has 0 saturated heterocycles. The predicted octanol–water partition coefficient (Wildman–Crippen LogP) is 3.84. The van der Waals surface area contributed by atoms with Crippen molar-refractivity contribution >= 4 is 11.6 Å². The maximum absolute atomic E-state index is 13.7. The summed E-state index contributed by atoms with van der Waals surface area (Å²) in [6, 6.07) is 7.04. The van der Waals surface area contributed by atoms with Gasteiger partial charge in [0, 0.05) is 5.56 Å². The van der Waals surface area contributed by atoms with Crippen molar-refractivity contribution in [2.45, 2.75) is 6.10 Å². The molecule has 0 radical (unpaired) electrons. The highest BCUT2D eigenvalue weighted by atomic mass is 35.5. The fourth-order valence-electron chi connectivity index (χ4n) is 1.66. The van der Waals surface area contributed by atoms with Gasteiger partial charge in [-0.05, 0) is 18.2 Å². The summed E-state index contributed by atoms with van der Waals surface area (Å²) in [5.74, 6) is -2.78. The average molecular weight is 273 g/mol. The minimum absolute atomic E-state index is 0.219. The molecule has 0 bridgehead atoms. The van der Waals surface area contributed by atoms with Crippen molar-refractivity contribution in [1.29, 1.82) is 0 Å². The number of hydrogen-bond donors (Lipinski definition) is 1. The Balaban J connectivity index is 2.55. The first-order valence-electron chi connectivity index (χ1n) is 5.08. The highest BCUT2D eigenvalue weighted by Crippen LogP contribution is 2.30. The number of aliphatic hydroxyl groups excluding tert-OH is 1. The van der Waals surface area contributed by atoms with Crippen molar-refractivity contribution in [2.24, 2.45) is 0 Å². The van der Waals surface area contributed by atoms with Gasteiger partial charge in [-0.3, -0.25) is 0 Å². The third-order valence-corrected chi connectivity index (χ3v) is 2.84. The van der Waals surface area contributed by atoms with Crippen molar-refractivity contribution in [1.82, 2.24) is 0 Å². The highest BCUT2D eigenvalue weighted by Gasteiger charge is 2.23. The molecule has 0 heterocycles. The Labute approximate surface area is 106 Å². The van der Waals surface area contributed by atoms with Gasteiger partial charge in [0.15, 0.2) is 0 Å². The van der Waals surface area contributed by atoms with Crippen molar-refractivity contribution in [2.75, 3.05) is 0 Å². The van der Waals surface area contributed by atoms with Crippen molar-refractivity contribution < 1.29 is 18.3 Å². The average Bonchev–Trinajstić information content (AvgIpc) is 2.32. The van der Waals surface area contributed by atoms with E-state index in [4.69, 9.17) is 11.6 Å². The van der Waals surface area contributed by atoms with Crippen LogP contribution in [-0.4, -0.2) is 5.11 Å². The Morgan fingerprint density at radius 3 is 2.11 bits per heavy atom. The van der Waals surface area contributed by atoms with E-state index in [1.807, 2.05) is 0 Å². The fraction of sp³-hybridized carbons (Fsp3) is 0.0769. The maximum atomic E-state index is 13.7. The van der Waals surface area contributed by atoms with Crippen molar-refractivity contribution in [3.05, 3.63) is 70.0 Å². The van der Waals surface area contributed by atoms with Crippen LogP contribution in [-0.2, 0) is 0 Å². The first kappa shape index (κ1) is 12.9. The molecule has 2 aromatic carbocycles. The van der Waals surface area contributed by atoms with Gasteiger partial charge in [0.1, 0.15) is 23.6 Å². The second-order valence-corrected chi connectivity index (χ2v) is 4.09. The largest absolute Gasteiger partial charge is 0.383 e. The van der Waals surface area contributed by atoms with Gasteiger partial charge in [0.05, 0.1) is 10.6 Å². The molecule has 1 atom stereocenters. The molecule has 0 aliphatic carbocycles. The van der Waals surface area contributed by atoms with E-state index in [-0.39, 0.29) is 10.6 Å². The van der Waals surface area contributed by atoms with Gasteiger partial charge in [-0.2, -0.15) is 0 Å². The standard InChI is InChI=1S/C13H8ClF3O/c14-8-4-1-3-7(12(8)17)13(18)11-9(15)5-2-6-10(11)16/h1-6,13,18H.